The van der Waals surface area contributed by atoms with Crippen LogP contribution in [0.15, 0.2) is 206 Å². The molecular weight excluding hydrogens is 1360 g/mol. The SMILES string of the molecule is CC[C@H](NC)C(=O)N[C@@H]1C(=O)N2[C@@H](CC[C@@H]1CNCc1ccccc1)CC[C@H]2C(=O)NC(C(=O)NCCOCc1ccc(COCCNC(=O)C(NC(=O)[C@@H]2CC[C@@H]3CC[C@H](CNCc4ccccc4)[C@H](NC(=O)[C@H](CC)NC)C(=O)N32)(c2ccccc2)c2ccccc2)cc1)(c1ccccc1)c1ccccc1. The summed E-state index contributed by atoms with van der Waals surface area (Å²) >= 11 is 0. The van der Waals surface area contributed by atoms with Gasteiger partial charge in [0, 0.05) is 63.2 Å². The number of rotatable bonds is 36. The van der Waals surface area contributed by atoms with E-state index < -0.39 is 71.0 Å². The number of likely N-dealkylation sites (N-methyl/N-ethyl adjacent to an activating group) is 2. The Balaban J connectivity index is 0.704. The summed E-state index contributed by atoms with van der Waals surface area (Å²) in [6.45, 7) is 6.86. The summed E-state index contributed by atoms with van der Waals surface area (Å²) in [6, 6.07) is 59.0. The number of carbonyl (C=O) groups is 8. The second-order valence-electron chi connectivity index (χ2n) is 28.7. The van der Waals surface area contributed by atoms with Crippen molar-refractivity contribution in [2.24, 2.45) is 11.8 Å². The monoisotopic (exact) mass is 1470 g/mol. The Bertz CT molecular complexity index is 3730. The number of carbonyl (C=O) groups excluding carboxylic acids is 8. The molecule has 4 aliphatic heterocycles. The summed E-state index contributed by atoms with van der Waals surface area (Å²) in [5.74, 6) is -3.64. The lowest BCUT2D eigenvalue weighted by Crippen LogP contribution is -2.62. The average molecular weight is 1470 g/mol. The van der Waals surface area contributed by atoms with Gasteiger partial charge < -0.3 is 72.4 Å². The fourth-order valence-electron chi connectivity index (χ4n) is 16.1. The Labute approximate surface area is 634 Å². The first-order chi connectivity index (χ1) is 52.7. The molecule has 22 heteroatoms. The molecule has 0 unspecified atom stereocenters. The van der Waals surface area contributed by atoms with Gasteiger partial charge >= 0.3 is 0 Å². The van der Waals surface area contributed by atoms with Crippen LogP contribution in [0.1, 0.15) is 123 Å². The number of amides is 8. The molecule has 4 fully saturated rings. The van der Waals surface area contributed by atoms with Crippen molar-refractivity contribution in [3.8, 4) is 0 Å². The summed E-state index contributed by atoms with van der Waals surface area (Å²) in [7, 11) is 3.45. The standard InChI is InChI=1S/C86H106N12O10/c1-5-71(87-3)77(99)93-75-63(55-89-53-59-25-13-7-14-26-59)41-43-69-45-47-73(97(69)81(75)103)79(101)95-85(65-29-17-9-18-30-65,66-31-19-10-20-32-66)83(105)91-49-51-107-57-61-37-39-62(40-38-61)58-108-52-50-92-84(106)86(67-33-21-11-22-34-67,68-35-23-12-24-36-68)96-80(102)74-48-46-70-44-42-64(56-90-54-60-27-15-8-16-28-60)76(82(104)98(70)74)94-78(100)72(6-2)88-4/h7-40,63-64,69-76,87-90H,5-6,41-58H2,1-4H3,(H,91,105)(H,92,106)(H,93,99)(H,94,100)(H,95,101)(H,96,102)/t63-,64-,69+,70+,71+,72+,73+,74+,75+,76+/m1/s1. The minimum Gasteiger partial charge on any atom is -0.375 e. The van der Waals surface area contributed by atoms with Crippen LogP contribution >= 0.6 is 0 Å². The van der Waals surface area contributed by atoms with Crippen LogP contribution in [-0.2, 0) is 85.2 Å². The molecule has 11 rings (SSSR count). The number of hydrogen-bond donors (Lipinski definition) is 10. The molecule has 4 heterocycles. The molecular formula is C86H106N12O10. The third-order valence-corrected chi connectivity index (χ3v) is 22.0. The normalized spacial score (nSPS) is 20.6. The Morgan fingerprint density at radius 1 is 0.417 bits per heavy atom. The van der Waals surface area contributed by atoms with Crippen LogP contribution in [0.25, 0.3) is 0 Å². The van der Waals surface area contributed by atoms with Crippen molar-refractivity contribution in [3.63, 3.8) is 0 Å². The molecule has 7 aromatic carbocycles. The zero-order valence-electron chi connectivity index (χ0n) is 62.5. The van der Waals surface area contributed by atoms with Gasteiger partial charge in [0.2, 0.25) is 35.4 Å². The van der Waals surface area contributed by atoms with E-state index in [0.29, 0.717) is 113 Å². The molecule has 22 nitrogen and oxygen atoms in total. The zero-order chi connectivity index (χ0) is 75.8. The number of nitrogens with zero attached hydrogens (tertiary/aromatic N) is 2. The molecule has 4 aliphatic rings. The summed E-state index contributed by atoms with van der Waals surface area (Å²) in [5.41, 5.74) is 2.57. The lowest BCUT2D eigenvalue weighted by atomic mass is 9.81. The fraction of sp³-hybridized carbons (Fsp3) is 0.419. The quantitative estimate of drug-likeness (QED) is 0.0175. The van der Waals surface area contributed by atoms with Crippen LogP contribution in [0, 0.1) is 11.8 Å². The first-order valence-electron chi connectivity index (χ1n) is 38.5. The Hall–Kier alpha value is -9.94. The van der Waals surface area contributed by atoms with Crippen LogP contribution < -0.4 is 53.2 Å². The van der Waals surface area contributed by atoms with Crippen LogP contribution in [0.2, 0.25) is 0 Å². The van der Waals surface area contributed by atoms with Crippen LogP contribution in [0.4, 0.5) is 0 Å². The summed E-state index contributed by atoms with van der Waals surface area (Å²) in [6.07, 6.45) is 5.52. The number of nitrogens with one attached hydrogen (secondary N) is 10. The van der Waals surface area contributed by atoms with Crippen molar-refractivity contribution < 1.29 is 47.8 Å². The fourth-order valence-corrected chi connectivity index (χ4v) is 16.1. The van der Waals surface area contributed by atoms with E-state index in [1.165, 1.54) is 0 Å². The van der Waals surface area contributed by atoms with Gasteiger partial charge in [-0.1, -0.05) is 220 Å². The van der Waals surface area contributed by atoms with Gasteiger partial charge in [-0.15, -0.1) is 0 Å². The van der Waals surface area contributed by atoms with Crippen molar-refractivity contribution in [1.29, 1.82) is 0 Å². The number of ether oxygens (including phenoxy) is 2. The third kappa shape index (κ3) is 18.9. The molecule has 0 bridgehead atoms. The molecule has 0 saturated carbocycles. The van der Waals surface area contributed by atoms with Gasteiger partial charge in [0.25, 0.3) is 11.8 Å². The van der Waals surface area contributed by atoms with Crippen LogP contribution in [-0.4, -0.2) is 159 Å². The Kier molecular flexibility index (Phi) is 28.4. The van der Waals surface area contributed by atoms with Crippen molar-refractivity contribution in [2.45, 2.75) is 164 Å². The Morgan fingerprint density at radius 2 is 0.731 bits per heavy atom. The van der Waals surface area contributed by atoms with E-state index in [0.717, 1.165) is 22.3 Å². The van der Waals surface area contributed by atoms with Gasteiger partial charge in [0.05, 0.1) is 38.5 Å². The number of fused-ring (bicyclic) bond motifs is 2. The van der Waals surface area contributed by atoms with Crippen molar-refractivity contribution in [3.05, 3.63) is 251 Å². The molecule has 10 atom stereocenters. The second kappa shape index (κ2) is 38.7. The lowest BCUT2D eigenvalue weighted by molar-refractivity contribution is -0.145. The first-order valence-corrected chi connectivity index (χ1v) is 38.5. The first kappa shape index (κ1) is 79.1. The van der Waals surface area contributed by atoms with E-state index in [2.05, 4.69) is 53.2 Å². The molecule has 108 heavy (non-hydrogen) atoms. The minimum atomic E-state index is -1.73. The van der Waals surface area contributed by atoms with E-state index in [4.69, 9.17) is 9.47 Å². The van der Waals surface area contributed by atoms with E-state index >= 15 is 28.8 Å². The van der Waals surface area contributed by atoms with Gasteiger partial charge in [-0.05, 0) is 123 Å². The van der Waals surface area contributed by atoms with Gasteiger partial charge in [-0.3, -0.25) is 38.4 Å². The highest BCUT2D eigenvalue weighted by Crippen LogP contribution is 2.39. The van der Waals surface area contributed by atoms with Crippen LogP contribution in [0.5, 0.6) is 0 Å². The molecule has 0 aromatic heterocycles. The highest BCUT2D eigenvalue weighted by Gasteiger charge is 2.53. The third-order valence-electron chi connectivity index (χ3n) is 22.0. The molecule has 0 spiro atoms. The van der Waals surface area contributed by atoms with Crippen LogP contribution in [0.3, 0.4) is 0 Å². The van der Waals surface area contributed by atoms with Gasteiger partial charge in [0.15, 0.2) is 11.1 Å². The predicted molar refractivity (Wildman–Crippen MR) is 415 cm³/mol. The van der Waals surface area contributed by atoms with E-state index in [1.807, 2.05) is 220 Å². The van der Waals surface area contributed by atoms with Gasteiger partial charge in [-0.25, -0.2) is 0 Å². The summed E-state index contributed by atoms with van der Waals surface area (Å²) in [5, 5.41) is 32.1. The largest absolute Gasteiger partial charge is 0.375 e. The zero-order valence-corrected chi connectivity index (χ0v) is 62.5. The predicted octanol–water partition coefficient (Wildman–Crippen LogP) is 7.16. The highest BCUT2D eigenvalue weighted by atomic mass is 16.5. The van der Waals surface area contributed by atoms with E-state index in [9.17, 15) is 9.59 Å². The van der Waals surface area contributed by atoms with Gasteiger partial charge in [0.1, 0.15) is 24.2 Å². The number of hydrogen-bond acceptors (Lipinski definition) is 14. The van der Waals surface area contributed by atoms with Crippen molar-refractivity contribution >= 4 is 47.3 Å². The summed E-state index contributed by atoms with van der Waals surface area (Å²) < 4.78 is 12.3. The molecule has 8 amide bonds. The molecule has 7 aromatic rings. The molecule has 4 saturated heterocycles. The minimum absolute atomic E-state index is 0.0977. The highest BCUT2D eigenvalue weighted by molar-refractivity contribution is 6.01. The number of benzene rings is 7. The maximum Gasteiger partial charge on any atom is 0.255 e. The van der Waals surface area contributed by atoms with Crippen molar-refractivity contribution in [1.82, 2.24) is 63.0 Å². The second-order valence-corrected chi connectivity index (χ2v) is 28.7. The van der Waals surface area contributed by atoms with E-state index in [1.54, 1.807) is 23.9 Å². The summed E-state index contributed by atoms with van der Waals surface area (Å²) in [4.78, 5) is 122. The van der Waals surface area contributed by atoms with Crippen molar-refractivity contribution in [2.75, 3.05) is 53.5 Å². The smallest absolute Gasteiger partial charge is 0.255 e. The molecule has 0 aliphatic carbocycles. The average Bonchev–Trinajstić information content (AvgIpc) is 0.873. The van der Waals surface area contributed by atoms with E-state index in [-0.39, 0.29) is 87.1 Å². The van der Waals surface area contributed by atoms with Gasteiger partial charge in [-0.2, -0.15) is 0 Å². The topological polar surface area (TPSA) is 282 Å². The maximum atomic E-state index is 15.3. The maximum absolute atomic E-state index is 15.3. The molecule has 10 N–H and O–H groups in total. The molecule has 570 valence electrons. The Morgan fingerprint density at radius 3 is 1.05 bits per heavy atom. The lowest BCUT2D eigenvalue weighted by Gasteiger charge is -2.38. The molecule has 0 radical (unpaired) electrons.